The van der Waals surface area contributed by atoms with E-state index in [2.05, 4.69) is 4.90 Å². The first-order valence-electron chi connectivity index (χ1n) is 6.93. The number of rotatable bonds is 2. The Bertz CT molecular complexity index is 480. The number of para-hydroxylation sites is 1. The highest BCUT2D eigenvalue weighted by Crippen LogP contribution is 2.26. The average molecular weight is 258 g/mol. The van der Waals surface area contributed by atoms with E-state index in [1.165, 1.54) is 11.3 Å². The van der Waals surface area contributed by atoms with Gasteiger partial charge in [-0.25, -0.2) is 4.90 Å². The second kappa shape index (κ2) is 5.13. The van der Waals surface area contributed by atoms with E-state index in [0.717, 1.165) is 25.9 Å². The van der Waals surface area contributed by atoms with Crippen LogP contribution in [0.3, 0.4) is 0 Å². The van der Waals surface area contributed by atoms with E-state index < -0.39 is 0 Å². The van der Waals surface area contributed by atoms with Crippen LogP contribution in [0.25, 0.3) is 0 Å². The van der Waals surface area contributed by atoms with E-state index in [1.807, 2.05) is 30.3 Å². The molecule has 4 nitrogen and oxygen atoms in total. The van der Waals surface area contributed by atoms with Crippen molar-refractivity contribution in [2.45, 2.75) is 31.7 Å². The van der Waals surface area contributed by atoms with Gasteiger partial charge >= 0.3 is 0 Å². The number of imide groups is 1. The van der Waals surface area contributed by atoms with Gasteiger partial charge in [-0.05, 0) is 38.1 Å². The lowest BCUT2D eigenvalue weighted by Gasteiger charge is -2.30. The second-order valence-electron chi connectivity index (χ2n) is 5.22. The standard InChI is InChI=1S/C15H18N2O2/c18-14-11-13(16-9-5-2-6-10-16)15(19)17(14)12-7-3-1-4-8-12/h1,3-4,7-8,13H,2,5-6,9-11H2/t13-/m1/s1. The third kappa shape index (κ3) is 2.28. The largest absolute Gasteiger partial charge is 0.292 e. The first kappa shape index (κ1) is 12.4. The summed E-state index contributed by atoms with van der Waals surface area (Å²) in [6.45, 7) is 1.87. The van der Waals surface area contributed by atoms with Crippen molar-refractivity contribution in [3.63, 3.8) is 0 Å². The molecule has 100 valence electrons. The lowest BCUT2D eigenvalue weighted by atomic mass is 10.1. The summed E-state index contributed by atoms with van der Waals surface area (Å²) in [6, 6.07) is 8.97. The molecule has 2 amide bonds. The van der Waals surface area contributed by atoms with Gasteiger partial charge in [-0.15, -0.1) is 0 Å². The predicted octanol–water partition coefficient (Wildman–Crippen LogP) is 1.80. The second-order valence-corrected chi connectivity index (χ2v) is 5.22. The van der Waals surface area contributed by atoms with Crippen LogP contribution in [0.4, 0.5) is 5.69 Å². The molecule has 2 aliphatic heterocycles. The maximum Gasteiger partial charge on any atom is 0.251 e. The van der Waals surface area contributed by atoms with E-state index in [9.17, 15) is 9.59 Å². The van der Waals surface area contributed by atoms with Gasteiger partial charge in [0, 0.05) is 0 Å². The molecular weight excluding hydrogens is 240 g/mol. The zero-order valence-electron chi connectivity index (χ0n) is 10.9. The highest BCUT2D eigenvalue weighted by atomic mass is 16.2. The third-order valence-corrected chi connectivity index (χ3v) is 3.97. The molecule has 0 aromatic heterocycles. The fraction of sp³-hybridized carbons (Fsp3) is 0.467. The summed E-state index contributed by atoms with van der Waals surface area (Å²) in [6.07, 6.45) is 3.81. The first-order chi connectivity index (χ1) is 9.27. The molecule has 1 aromatic rings. The quantitative estimate of drug-likeness (QED) is 0.760. The molecule has 1 aromatic carbocycles. The molecule has 2 fully saturated rings. The van der Waals surface area contributed by atoms with Gasteiger partial charge in [-0.3, -0.25) is 14.5 Å². The highest BCUT2D eigenvalue weighted by Gasteiger charge is 2.42. The maximum absolute atomic E-state index is 12.5. The van der Waals surface area contributed by atoms with Gasteiger partial charge in [-0.2, -0.15) is 0 Å². The van der Waals surface area contributed by atoms with Crippen molar-refractivity contribution >= 4 is 17.5 Å². The predicted molar refractivity (Wildman–Crippen MR) is 72.8 cm³/mol. The van der Waals surface area contributed by atoms with Crippen LogP contribution in [0.2, 0.25) is 0 Å². The smallest absolute Gasteiger partial charge is 0.251 e. The summed E-state index contributed by atoms with van der Waals surface area (Å²) in [5.41, 5.74) is 0.692. The van der Waals surface area contributed by atoms with Crippen LogP contribution in [0.15, 0.2) is 30.3 Å². The summed E-state index contributed by atoms with van der Waals surface area (Å²) in [5.74, 6) is -0.134. The van der Waals surface area contributed by atoms with Gasteiger partial charge in [0.2, 0.25) is 5.91 Å². The molecule has 0 bridgehead atoms. The van der Waals surface area contributed by atoms with Crippen LogP contribution in [-0.4, -0.2) is 35.8 Å². The van der Waals surface area contributed by atoms with Crippen LogP contribution >= 0.6 is 0 Å². The Morgan fingerprint density at radius 2 is 1.63 bits per heavy atom. The monoisotopic (exact) mass is 258 g/mol. The van der Waals surface area contributed by atoms with Crippen LogP contribution in [0, 0.1) is 0 Å². The Labute approximate surface area is 113 Å². The Morgan fingerprint density at radius 3 is 2.32 bits per heavy atom. The Kier molecular flexibility index (Phi) is 3.34. The SMILES string of the molecule is O=C1C[C@@H](N2CCCCC2)C(=O)N1c1ccccc1. The minimum atomic E-state index is -0.243. The summed E-state index contributed by atoms with van der Waals surface area (Å²) >= 11 is 0. The van der Waals surface area contributed by atoms with Crippen LogP contribution < -0.4 is 4.90 Å². The third-order valence-electron chi connectivity index (χ3n) is 3.97. The van der Waals surface area contributed by atoms with E-state index >= 15 is 0 Å². The Morgan fingerprint density at radius 1 is 0.947 bits per heavy atom. The molecule has 4 heteroatoms. The van der Waals surface area contributed by atoms with Gasteiger partial charge in [0.25, 0.3) is 5.91 Å². The van der Waals surface area contributed by atoms with Crippen molar-refractivity contribution in [1.82, 2.24) is 4.90 Å². The van der Waals surface area contributed by atoms with Crippen LogP contribution in [0.5, 0.6) is 0 Å². The van der Waals surface area contributed by atoms with Crippen molar-refractivity contribution in [3.8, 4) is 0 Å². The molecule has 1 atom stereocenters. The lowest BCUT2D eigenvalue weighted by molar-refractivity contribution is -0.123. The van der Waals surface area contributed by atoms with Crippen molar-refractivity contribution in [3.05, 3.63) is 30.3 Å². The van der Waals surface area contributed by atoms with Crippen molar-refractivity contribution in [2.75, 3.05) is 18.0 Å². The molecule has 0 saturated carbocycles. The molecule has 0 unspecified atom stereocenters. The molecule has 2 heterocycles. The molecule has 2 aliphatic rings. The molecular formula is C15H18N2O2. The number of benzene rings is 1. The van der Waals surface area contributed by atoms with Crippen molar-refractivity contribution in [2.24, 2.45) is 0 Å². The van der Waals surface area contributed by atoms with Gasteiger partial charge in [0.05, 0.1) is 18.2 Å². The number of anilines is 1. The zero-order valence-corrected chi connectivity index (χ0v) is 10.9. The minimum absolute atomic E-state index is 0.0573. The lowest BCUT2D eigenvalue weighted by Crippen LogP contribution is -2.44. The summed E-state index contributed by atoms with van der Waals surface area (Å²) in [4.78, 5) is 28.1. The first-order valence-corrected chi connectivity index (χ1v) is 6.93. The van der Waals surface area contributed by atoms with E-state index in [1.54, 1.807) is 0 Å². The topological polar surface area (TPSA) is 40.6 Å². The Hall–Kier alpha value is -1.68. The number of likely N-dealkylation sites (tertiary alicyclic amines) is 1. The molecule has 19 heavy (non-hydrogen) atoms. The number of amides is 2. The summed E-state index contributed by atoms with van der Waals surface area (Å²) in [7, 11) is 0. The molecule has 0 aliphatic carbocycles. The van der Waals surface area contributed by atoms with E-state index in [0.29, 0.717) is 12.1 Å². The van der Waals surface area contributed by atoms with Gasteiger partial charge < -0.3 is 0 Å². The number of carbonyl (C=O) groups excluding carboxylic acids is 2. The molecule has 3 rings (SSSR count). The number of carbonyl (C=O) groups is 2. The van der Waals surface area contributed by atoms with Crippen LogP contribution in [-0.2, 0) is 9.59 Å². The highest BCUT2D eigenvalue weighted by molar-refractivity contribution is 6.22. The normalized spacial score (nSPS) is 25.1. The van der Waals surface area contributed by atoms with Gasteiger partial charge in [0.1, 0.15) is 0 Å². The van der Waals surface area contributed by atoms with Crippen LogP contribution in [0.1, 0.15) is 25.7 Å². The van der Waals surface area contributed by atoms with E-state index in [-0.39, 0.29) is 17.9 Å². The number of hydrogen-bond donors (Lipinski definition) is 0. The maximum atomic E-state index is 12.5. The fourth-order valence-corrected chi connectivity index (χ4v) is 2.98. The molecule has 0 radical (unpaired) electrons. The van der Waals surface area contributed by atoms with E-state index in [4.69, 9.17) is 0 Å². The summed E-state index contributed by atoms with van der Waals surface area (Å²) < 4.78 is 0. The fourth-order valence-electron chi connectivity index (χ4n) is 2.98. The number of piperidine rings is 1. The zero-order chi connectivity index (χ0) is 13.2. The minimum Gasteiger partial charge on any atom is -0.292 e. The van der Waals surface area contributed by atoms with Crippen molar-refractivity contribution < 1.29 is 9.59 Å². The molecule has 2 saturated heterocycles. The van der Waals surface area contributed by atoms with Gasteiger partial charge in [-0.1, -0.05) is 24.6 Å². The van der Waals surface area contributed by atoms with Gasteiger partial charge in [0.15, 0.2) is 0 Å². The van der Waals surface area contributed by atoms with Crippen molar-refractivity contribution in [1.29, 1.82) is 0 Å². The average Bonchev–Trinajstić information content (AvgIpc) is 2.76. The molecule has 0 N–H and O–H groups in total. The number of nitrogens with zero attached hydrogens (tertiary/aromatic N) is 2. The molecule has 0 spiro atoms. The summed E-state index contributed by atoms with van der Waals surface area (Å²) in [5, 5.41) is 0. The Balaban J connectivity index is 1.81. The number of hydrogen-bond acceptors (Lipinski definition) is 3.